The Labute approximate surface area is 96.1 Å². The molecule has 2 aromatic rings. The number of aromatic nitrogens is 3. The molecular formula is C9H11N5O3. The number of nitrogen functional groups attached to an aromatic ring is 1. The fourth-order valence-corrected chi connectivity index (χ4v) is 1.19. The van der Waals surface area contributed by atoms with Gasteiger partial charge in [-0.25, -0.2) is 9.61 Å². The standard InChI is InChI=1S/C9H11N5O3/c1-2-5-3-11-6(16-5)4-12-9(15)7-8(10)14-17-13-7/h3H,2,4H2,1H3,(H2,10,14)(H,12,15). The zero-order chi connectivity index (χ0) is 12.3. The third-order valence-corrected chi connectivity index (χ3v) is 2.08. The minimum Gasteiger partial charge on any atom is -0.444 e. The smallest absolute Gasteiger partial charge is 0.277 e. The van der Waals surface area contributed by atoms with Gasteiger partial charge >= 0.3 is 0 Å². The largest absolute Gasteiger partial charge is 0.444 e. The van der Waals surface area contributed by atoms with Gasteiger partial charge in [0, 0.05) is 6.42 Å². The van der Waals surface area contributed by atoms with E-state index in [1.165, 1.54) is 0 Å². The molecule has 3 N–H and O–H groups in total. The lowest BCUT2D eigenvalue weighted by Gasteiger charge is -1.98. The summed E-state index contributed by atoms with van der Waals surface area (Å²) in [6.45, 7) is 2.11. The number of rotatable bonds is 4. The van der Waals surface area contributed by atoms with Crippen LogP contribution in [0.2, 0.25) is 0 Å². The summed E-state index contributed by atoms with van der Waals surface area (Å²) < 4.78 is 9.63. The topological polar surface area (TPSA) is 120 Å². The van der Waals surface area contributed by atoms with Crippen molar-refractivity contribution in [2.45, 2.75) is 19.9 Å². The van der Waals surface area contributed by atoms with Crippen LogP contribution in [0.4, 0.5) is 5.82 Å². The maximum Gasteiger partial charge on any atom is 0.277 e. The minimum absolute atomic E-state index is 0.0488. The number of aryl methyl sites for hydroxylation is 1. The lowest BCUT2D eigenvalue weighted by molar-refractivity contribution is 0.0938. The average molecular weight is 237 g/mol. The highest BCUT2D eigenvalue weighted by atomic mass is 16.6. The Morgan fingerprint density at radius 2 is 2.35 bits per heavy atom. The van der Waals surface area contributed by atoms with E-state index in [2.05, 4.69) is 25.2 Å². The summed E-state index contributed by atoms with van der Waals surface area (Å²) in [6.07, 6.45) is 2.37. The highest BCUT2D eigenvalue weighted by Crippen LogP contribution is 2.06. The van der Waals surface area contributed by atoms with Crippen LogP contribution in [0.3, 0.4) is 0 Å². The Hall–Kier alpha value is -2.38. The van der Waals surface area contributed by atoms with E-state index in [-0.39, 0.29) is 18.1 Å². The van der Waals surface area contributed by atoms with Crippen molar-refractivity contribution >= 4 is 11.7 Å². The highest BCUT2D eigenvalue weighted by Gasteiger charge is 2.16. The van der Waals surface area contributed by atoms with Gasteiger partial charge in [-0.05, 0) is 10.3 Å². The Morgan fingerprint density at radius 1 is 1.53 bits per heavy atom. The van der Waals surface area contributed by atoms with Crippen molar-refractivity contribution in [3.8, 4) is 0 Å². The summed E-state index contributed by atoms with van der Waals surface area (Å²) in [5.41, 5.74) is 5.32. The number of nitrogens with zero attached hydrogens (tertiary/aromatic N) is 3. The molecular weight excluding hydrogens is 226 g/mol. The first kappa shape index (κ1) is 11.1. The maximum atomic E-state index is 11.6. The van der Waals surface area contributed by atoms with Crippen LogP contribution >= 0.6 is 0 Å². The zero-order valence-corrected chi connectivity index (χ0v) is 9.14. The van der Waals surface area contributed by atoms with E-state index in [0.717, 1.165) is 12.2 Å². The SMILES string of the molecule is CCc1cnc(CNC(=O)c2nonc2N)o1. The molecule has 0 atom stereocenters. The van der Waals surface area contributed by atoms with Gasteiger partial charge in [-0.1, -0.05) is 6.92 Å². The molecule has 0 spiro atoms. The maximum absolute atomic E-state index is 11.6. The second kappa shape index (κ2) is 4.64. The Morgan fingerprint density at radius 3 is 2.94 bits per heavy atom. The molecule has 0 saturated heterocycles. The number of hydrogen-bond acceptors (Lipinski definition) is 7. The van der Waals surface area contributed by atoms with Gasteiger partial charge in [-0.2, -0.15) is 0 Å². The molecule has 0 radical (unpaired) electrons. The zero-order valence-electron chi connectivity index (χ0n) is 9.14. The van der Waals surface area contributed by atoms with E-state index in [4.69, 9.17) is 10.2 Å². The number of oxazole rings is 1. The summed E-state index contributed by atoms with van der Waals surface area (Å²) in [6, 6.07) is 0. The predicted molar refractivity (Wildman–Crippen MR) is 55.8 cm³/mol. The first-order chi connectivity index (χ1) is 8.20. The number of carbonyl (C=O) groups is 1. The van der Waals surface area contributed by atoms with Crippen LogP contribution in [0.5, 0.6) is 0 Å². The molecule has 2 aromatic heterocycles. The van der Waals surface area contributed by atoms with Gasteiger partial charge in [-0.15, -0.1) is 0 Å². The number of nitrogens with two attached hydrogens (primary N) is 1. The molecule has 1 amide bonds. The average Bonchev–Trinajstić information content (AvgIpc) is 2.94. The van der Waals surface area contributed by atoms with Crippen LogP contribution in [0.25, 0.3) is 0 Å². The van der Waals surface area contributed by atoms with E-state index in [0.29, 0.717) is 5.89 Å². The second-order valence-electron chi connectivity index (χ2n) is 3.25. The summed E-state index contributed by atoms with van der Waals surface area (Å²) in [5.74, 6) is 0.645. The van der Waals surface area contributed by atoms with Crippen molar-refractivity contribution < 1.29 is 13.8 Å². The quantitative estimate of drug-likeness (QED) is 0.775. The van der Waals surface area contributed by atoms with Gasteiger partial charge in [0.1, 0.15) is 5.76 Å². The van der Waals surface area contributed by atoms with Gasteiger partial charge < -0.3 is 15.5 Å². The fourth-order valence-electron chi connectivity index (χ4n) is 1.19. The molecule has 0 fully saturated rings. The lowest BCUT2D eigenvalue weighted by Crippen LogP contribution is -2.24. The monoisotopic (exact) mass is 237 g/mol. The minimum atomic E-state index is -0.486. The summed E-state index contributed by atoms with van der Waals surface area (Å²) in [4.78, 5) is 15.5. The second-order valence-corrected chi connectivity index (χ2v) is 3.25. The van der Waals surface area contributed by atoms with Gasteiger partial charge in [0.2, 0.25) is 17.4 Å². The van der Waals surface area contributed by atoms with Crippen molar-refractivity contribution in [2.24, 2.45) is 0 Å². The molecule has 0 aliphatic heterocycles. The van der Waals surface area contributed by atoms with E-state index < -0.39 is 5.91 Å². The molecule has 0 aliphatic rings. The number of hydrogen-bond donors (Lipinski definition) is 2. The molecule has 2 rings (SSSR count). The molecule has 2 heterocycles. The molecule has 8 nitrogen and oxygen atoms in total. The van der Waals surface area contributed by atoms with Crippen molar-refractivity contribution in [1.82, 2.24) is 20.6 Å². The predicted octanol–water partition coefficient (Wildman–Crippen LogP) is 0.132. The summed E-state index contributed by atoms with van der Waals surface area (Å²) >= 11 is 0. The van der Waals surface area contributed by atoms with Crippen molar-refractivity contribution in [2.75, 3.05) is 5.73 Å². The van der Waals surface area contributed by atoms with Crippen molar-refractivity contribution in [3.05, 3.63) is 23.5 Å². The number of nitrogens with one attached hydrogen (secondary N) is 1. The Kier molecular flexibility index (Phi) is 3.03. The number of carbonyl (C=O) groups excluding carboxylic acids is 1. The Bertz CT molecular complexity index is 518. The lowest BCUT2D eigenvalue weighted by atomic mass is 10.4. The molecule has 0 aliphatic carbocycles. The third kappa shape index (κ3) is 2.41. The number of amides is 1. The van der Waals surface area contributed by atoms with Crippen LogP contribution in [0, 0.1) is 0 Å². The van der Waals surface area contributed by atoms with Crippen LogP contribution in [0.15, 0.2) is 15.2 Å². The number of anilines is 1. The van der Waals surface area contributed by atoms with Crippen molar-refractivity contribution in [3.63, 3.8) is 0 Å². The van der Waals surface area contributed by atoms with Crippen LogP contribution in [-0.2, 0) is 13.0 Å². The van der Waals surface area contributed by atoms with Crippen LogP contribution in [-0.4, -0.2) is 21.2 Å². The molecule has 0 unspecified atom stereocenters. The first-order valence-electron chi connectivity index (χ1n) is 5.00. The fraction of sp³-hybridized carbons (Fsp3) is 0.333. The van der Waals surface area contributed by atoms with Crippen LogP contribution < -0.4 is 11.1 Å². The normalized spacial score (nSPS) is 10.4. The van der Waals surface area contributed by atoms with Crippen LogP contribution in [0.1, 0.15) is 29.1 Å². The van der Waals surface area contributed by atoms with Gasteiger partial charge in [0.25, 0.3) is 5.91 Å². The van der Waals surface area contributed by atoms with E-state index in [9.17, 15) is 4.79 Å². The molecule has 8 heteroatoms. The molecule has 0 bridgehead atoms. The molecule has 0 aromatic carbocycles. The first-order valence-corrected chi connectivity index (χ1v) is 5.00. The highest BCUT2D eigenvalue weighted by molar-refractivity contribution is 5.95. The summed E-state index contributed by atoms with van der Waals surface area (Å²) in [5, 5.41) is 9.22. The van der Waals surface area contributed by atoms with E-state index in [1.54, 1.807) is 6.20 Å². The third-order valence-electron chi connectivity index (χ3n) is 2.08. The van der Waals surface area contributed by atoms with E-state index in [1.807, 2.05) is 6.92 Å². The molecule has 90 valence electrons. The van der Waals surface area contributed by atoms with Gasteiger partial charge in [0.15, 0.2) is 0 Å². The van der Waals surface area contributed by atoms with Crippen molar-refractivity contribution in [1.29, 1.82) is 0 Å². The summed E-state index contributed by atoms with van der Waals surface area (Å²) in [7, 11) is 0. The molecule has 0 saturated carbocycles. The van der Waals surface area contributed by atoms with E-state index >= 15 is 0 Å². The van der Waals surface area contributed by atoms with Gasteiger partial charge in [0.05, 0.1) is 12.7 Å². The van der Waals surface area contributed by atoms with Gasteiger partial charge in [-0.3, -0.25) is 4.79 Å². The molecule has 17 heavy (non-hydrogen) atoms. The Balaban J connectivity index is 1.94.